The molecule has 0 saturated carbocycles. The molecular formula is C16H9F3N2. The minimum absolute atomic E-state index is 0.0738. The van der Waals surface area contributed by atoms with Gasteiger partial charge in [0.05, 0.1) is 28.4 Å². The highest BCUT2D eigenvalue weighted by Crippen LogP contribution is 2.35. The van der Waals surface area contributed by atoms with E-state index in [0.717, 1.165) is 11.5 Å². The van der Waals surface area contributed by atoms with Crippen molar-refractivity contribution in [2.45, 2.75) is 6.18 Å². The predicted octanol–water partition coefficient (Wildman–Crippen LogP) is 4.52. The molecule has 0 atom stereocenters. The number of benzene rings is 2. The monoisotopic (exact) mass is 286 g/mol. The van der Waals surface area contributed by atoms with Crippen LogP contribution in [0.2, 0.25) is 0 Å². The van der Waals surface area contributed by atoms with Gasteiger partial charge in [-0.25, -0.2) is 0 Å². The smallest absolute Gasteiger partial charge is 0.316 e. The molecular weight excluding hydrogens is 277 g/mol. The van der Waals surface area contributed by atoms with Gasteiger partial charge < -0.3 is 4.57 Å². The van der Waals surface area contributed by atoms with Gasteiger partial charge in [0.1, 0.15) is 0 Å². The van der Waals surface area contributed by atoms with Crippen molar-refractivity contribution in [3.05, 3.63) is 65.9 Å². The normalized spacial score (nSPS) is 11.5. The maximum atomic E-state index is 13.1. The van der Waals surface area contributed by atoms with Crippen molar-refractivity contribution >= 4 is 10.9 Å². The fraction of sp³-hybridized carbons (Fsp3) is 0.0625. The summed E-state index contributed by atoms with van der Waals surface area (Å²) in [5.41, 5.74) is 0.492. The molecule has 0 saturated heterocycles. The van der Waals surface area contributed by atoms with Gasteiger partial charge in [-0.1, -0.05) is 12.1 Å². The number of hydrogen-bond acceptors (Lipinski definition) is 1. The van der Waals surface area contributed by atoms with Crippen molar-refractivity contribution in [1.82, 2.24) is 4.57 Å². The molecule has 0 N–H and O–H groups in total. The molecule has 104 valence electrons. The summed E-state index contributed by atoms with van der Waals surface area (Å²) in [6, 6.07) is 14.0. The van der Waals surface area contributed by atoms with Crippen molar-refractivity contribution in [3.8, 4) is 11.8 Å². The lowest BCUT2D eigenvalue weighted by molar-refractivity contribution is -0.137. The topological polar surface area (TPSA) is 28.7 Å². The lowest BCUT2D eigenvalue weighted by Crippen LogP contribution is -2.10. The fourth-order valence-corrected chi connectivity index (χ4v) is 2.35. The lowest BCUT2D eigenvalue weighted by Gasteiger charge is -2.14. The Morgan fingerprint density at radius 1 is 1.00 bits per heavy atom. The highest BCUT2D eigenvalue weighted by molar-refractivity contribution is 5.83. The quantitative estimate of drug-likeness (QED) is 0.646. The van der Waals surface area contributed by atoms with E-state index >= 15 is 0 Å². The molecule has 21 heavy (non-hydrogen) atoms. The first-order valence-corrected chi connectivity index (χ1v) is 6.18. The van der Waals surface area contributed by atoms with Crippen molar-refractivity contribution in [1.29, 1.82) is 5.26 Å². The van der Waals surface area contributed by atoms with Crippen LogP contribution in [0.15, 0.2) is 54.7 Å². The second kappa shape index (κ2) is 4.67. The van der Waals surface area contributed by atoms with Gasteiger partial charge in [-0.3, -0.25) is 0 Å². The van der Waals surface area contributed by atoms with Crippen molar-refractivity contribution in [2.75, 3.05) is 0 Å². The average molecular weight is 286 g/mol. The number of hydrogen-bond donors (Lipinski definition) is 0. The Kier molecular flexibility index (Phi) is 2.95. The first kappa shape index (κ1) is 13.3. The first-order valence-electron chi connectivity index (χ1n) is 6.18. The van der Waals surface area contributed by atoms with Gasteiger partial charge in [-0.05, 0) is 36.4 Å². The number of alkyl halides is 3. The van der Waals surface area contributed by atoms with Crippen LogP contribution in [-0.4, -0.2) is 4.57 Å². The number of fused-ring (bicyclic) bond motifs is 1. The van der Waals surface area contributed by atoms with E-state index in [1.54, 1.807) is 36.5 Å². The van der Waals surface area contributed by atoms with Crippen LogP contribution in [0, 0.1) is 11.3 Å². The SMILES string of the molecule is N#Cc1ccc2c(ccn2-c2ccccc2C(F)(F)F)c1. The van der Waals surface area contributed by atoms with Crippen LogP contribution < -0.4 is 0 Å². The third kappa shape index (κ3) is 2.25. The number of nitriles is 1. The summed E-state index contributed by atoms with van der Waals surface area (Å²) >= 11 is 0. The Labute approximate surface area is 118 Å². The molecule has 0 aliphatic heterocycles. The number of aromatic nitrogens is 1. The largest absolute Gasteiger partial charge is 0.418 e. The summed E-state index contributed by atoms with van der Waals surface area (Å²) in [5.74, 6) is 0. The first-order chi connectivity index (χ1) is 10.0. The van der Waals surface area contributed by atoms with Crippen LogP contribution in [0.4, 0.5) is 13.2 Å². The Bertz CT molecular complexity index is 854. The van der Waals surface area contributed by atoms with Crippen LogP contribution in [0.25, 0.3) is 16.6 Å². The number of rotatable bonds is 1. The van der Waals surface area contributed by atoms with E-state index < -0.39 is 11.7 Å². The highest BCUT2D eigenvalue weighted by atomic mass is 19.4. The van der Waals surface area contributed by atoms with Crippen molar-refractivity contribution in [2.24, 2.45) is 0 Å². The zero-order chi connectivity index (χ0) is 15.0. The second-order valence-electron chi connectivity index (χ2n) is 4.59. The fourth-order valence-electron chi connectivity index (χ4n) is 2.35. The van der Waals surface area contributed by atoms with E-state index in [2.05, 4.69) is 0 Å². The summed E-state index contributed by atoms with van der Waals surface area (Å²) < 4.78 is 40.8. The minimum Gasteiger partial charge on any atom is -0.316 e. The Morgan fingerprint density at radius 2 is 1.76 bits per heavy atom. The highest BCUT2D eigenvalue weighted by Gasteiger charge is 2.33. The molecule has 1 heterocycles. The lowest BCUT2D eigenvalue weighted by atomic mass is 10.1. The van der Waals surface area contributed by atoms with E-state index in [1.165, 1.54) is 16.7 Å². The Morgan fingerprint density at radius 3 is 2.48 bits per heavy atom. The van der Waals surface area contributed by atoms with Crippen LogP contribution >= 0.6 is 0 Å². The molecule has 3 aromatic rings. The van der Waals surface area contributed by atoms with E-state index in [1.807, 2.05) is 6.07 Å². The molecule has 0 unspecified atom stereocenters. The standard InChI is InChI=1S/C16H9F3N2/c17-16(18,19)13-3-1-2-4-15(13)21-8-7-12-9-11(10-20)5-6-14(12)21/h1-9H. The third-order valence-corrected chi connectivity index (χ3v) is 3.29. The zero-order valence-electron chi connectivity index (χ0n) is 10.7. The summed E-state index contributed by atoms with van der Waals surface area (Å²) in [6.07, 6.45) is -2.84. The van der Waals surface area contributed by atoms with Gasteiger partial charge in [0.2, 0.25) is 0 Å². The minimum atomic E-state index is -4.42. The zero-order valence-corrected chi connectivity index (χ0v) is 10.7. The maximum absolute atomic E-state index is 13.1. The molecule has 5 heteroatoms. The van der Waals surface area contributed by atoms with Crippen LogP contribution in [-0.2, 0) is 6.18 Å². The van der Waals surface area contributed by atoms with Gasteiger partial charge in [0.25, 0.3) is 0 Å². The summed E-state index contributed by atoms with van der Waals surface area (Å²) in [5, 5.41) is 9.59. The summed E-state index contributed by atoms with van der Waals surface area (Å²) in [4.78, 5) is 0. The molecule has 0 aliphatic rings. The van der Waals surface area contributed by atoms with E-state index in [4.69, 9.17) is 5.26 Å². The van der Waals surface area contributed by atoms with Gasteiger partial charge >= 0.3 is 6.18 Å². The van der Waals surface area contributed by atoms with Gasteiger partial charge in [0, 0.05) is 11.6 Å². The molecule has 2 aromatic carbocycles. The van der Waals surface area contributed by atoms with E-state index in [9.17, 15) is 13.2 Å². The van der Waals surface area contributed by atoms with Crippen LogP contribution in [0.3, 0.4) is 0 Å². The molecule has 0 bridgehead atoms. The van der Waals surface area contributed by atoms with E-state index in [0.29, 0.717) is 11.1 Å². The van der Waals surface area contributed by atoms with Crippen molar-refractivity contribution < 1.29 is 13.2 Å². The summed E-state index contributed by atoms with van der Waals surface area (Å²) in [7, 11) is 0. The maximum Gasteiger partial charge on any atom is 0.418 e. The molecule has 0 amide bonds. The molecule has 0 fully saturated rings. The van der Waals surface area contributed by atoms with Crippen molar-refractivity contribution in [3.63, 3.8) is 0 Å². The number of nitrogens with zero attached hydrogens (tertiary/aromatic N) is 2. The molecule has 0 spiro atoms. The molecule has 0 radical (unpaired) electrons. The molecule has 1 aromatic heterocycles. The average Bonchev–Trinajstić information content (AvgIpc) is 2.89. The second-order valence-corrected chi connectivity index (χ2v) is 4.59. The van der Waals surface area contributed by atoms with Gasteiger partial charge in [-0.15, -0.1) is 0 Å². The predicted molar refractivity (Wildman–Crippen MR) is 73.0 cm³/mol. The van der Waals surface area contributed by atoms with Crippen LogP contribution in [0.1, 0.15) is 11.1 Å². The number of halogens is 3. The molecule has 3 rings (SSSR count). The van der Waals surface area contributed by atoms with E-state index in [-0.39, 0.29) is 5.69 Å². The van der Waals surface area contributed by atoms with Crippen LogP contribution in [0.5, 0.6) is 0 Å². The Hall–Kier alpha value is -2.74. The summed E-state index contributed by atoms with van der Waals surface area (Å²) in [6.45, 7) is 0. The third-order valence-electron chi connectivity index (χ3n) is 3.29. The molecule has 0 aliphatic carbocycles. The van der Waals surface area contributed by atoms with Gasteiger partial charge in [-0.2, -0.15) is 18.4 Å². The Balaban J connectivity index is 2.25. The number of para-hydroxylation sites is 1. The van der Waals surface area contributed by atoms with Gasteiger partial charge in [0.15, 0.2) is 0 Å². The molecule has 2 nitrogen and oxygen atoms in total.